The predicted octanol–water partition coefficient (Wildman–Crippen LogP) is 0.918. The van der Waals surface area contributed by atoms with Crippen LogP contribution >= 0.6 is 24.0 Å². The smallest absolute Gasteiger partial charge is 0.240 e. The van der Waals surface area contributed by atoms with Crippen molar-refractivity contribution in [1.82, 2.24) is 15.4 Å². The van der Waals surface area contributed by atoms with Gasteiger partial charge in [0.2, 0.25) is 10.0 Å². The molecule has 0 spiro atoms. The SMILES string of the molecule is C#CCNC(=NCc1cccc(S(=O)(=O)NCCOC)c1)NCC.I. The number of halogens is 1. The van der Waals surface area contributed by atoms with E-state index in [2.05, 4.69) is 26.3 Å². The molecule has 0 saturated heterocycles. The average molecular weight is 480 g/mol. The Morgan fingerprint density at radius 2 is 2.12 bits per heavy atom. The maximum Gasteiger partial charge on any atom is 0.240 e. The number of sulfonamides is 1. The van der Waals surface area contributed by atoms with E-state index in [1.165, 1.54) is 7.11 Å². The van der Waals surface area contributed by atoms with Gasteiger partial charge >= 0.3 is 0 Å². The molecule has 25 heavy (non-hydrogen) atoms. The zero-order valence-electron chi connectivity index (χ0n) is 14.4. The molecule has 0 aliphatic rings. The van der Waals surface area contributed by atoms with Gasteiger partial charge < -0.3 is 15.4 Å². The lowest BCUT2D eigenvalue weighted by atomic mass is 10.2. The molecule has 0 heterocycles. The average Bonchev–Trinajstić information content (AvgIpc) is 2.58. The molecule has 1 aromatic carbocycles. The topological polar surface area (TPSA) is 91.8 Å². The highest BCUT2D eigenvalue weighted by Crippen LogP contribution is 2.12. The van der Waals surface area contributed by atoms with Gasteiger partial charge in [0.1, 0.15) is 0 Å². The number of nitrogens with one attached hydrogen (secondary N) is 3. The van der Waals surface area contributed by atoms with Gasteiger partial charge in [0.05, 0.1) is 24.6 Å². The van der Waals surface area contributed by atoms with E-state index in [0.717, 1.165) is 5.56 Å². The van der Waals surface area contributed by atoms with Crippen molar-refractivity contribution in [1.29, 1.82) is 0 Å². The Bertz CT molecular complexity index is 687. The third-order valence-corrected chi connectivity index (χ3v) is 4.39. The normalized spacial score (nSPS) is 11.3. The van der Waals surface area contributed by atoms with Gasteiger partial charge in [0.15, 0.2) is 5.96 Å². The molecule has 0 unspecified atom stereocenters. The number of ether oxygens (including phenoxy) is 1. The van der Waals surface area contributed by atoms with Crippen LogP contribution in [0.3, 0.4) is 0 Å². The molecular weight excluding hydrogens is 455 g/mol. The van der Waals surface area contributed by atoms with Gasteiger partial charge in [-0.05, 0) is 24.6 Å². The molecule has 0 atom stereocenters. The van der Waals surface area contributed by atoms with E-state index >= 15 is 0 Å². The van der Waals surface area contributed by atoms with Crippen molar-refractivity contribution in [2.24, 2.45) is 4.99 Å². The third-order valence-electron chi connectivity index (χ3n) is 2.93. The molecule has 9 heteroatoms. The second-order valence-electron chi connectivity index (χ2n) is 4.79. The van der Waals surface area contributed by atoms with E-state index in [1.807, 2.05) is 13.0 Å². The van der Waals surface area contributed by atoms with E-state index < -0.39 is 10.0 Å². The Morgan fingerprint density at radius 1 is 1.36 bits per heavy atom. The van der Waals surface area contributed by atoms with Gasteiger partial charge in [-0.3, -0.25) is 0 Å². The van der Waals surface area contributed by atoms with E-state index in [0.29, 0.717) is 32.2 Å². The summed E-state index contributed by atoms with van der Waals surface area (Å²) in [5.74, 6) is 3.06. The first-order valence-corrected chi connectivity index (χ1v) is 9.05. The van der Waals surface area contributed by atoms with Gasteiger partial charge in [-0.2, -0.15) is 0 Å². The maximum atomic E-state index is 12.2. The van der Waals surface area contributed by atoms with E-state index in [1.54, 1.807) is 18.2 Å². The zero-order chi connectivity index (χ0) is 17.8. The fourth-order valence-corrected chi connectivity index (χ4v) is 2.90. The Hall–Kier alpha value is -1.35. The highest BCUT2D eigenvalue weighted by molar-refractivity contribution is 14.0. The molecule has 0 radical (unpaired) electrons. The molecule has 0 fully saturated rings. The quantitative estimate of drug-likeness (QED) is 0.161. The van der Waals surface area contributed by atoms with Gasteiger partial charge in [0, 0.05) is 20.2 Å². The van der Waals surface area contributed by atoms with Crippen LogP contribution in [0, 0.1) is 12.3 Å². The Labute approximate surface area is 167 Å². The van der Waals surface area contributed by atoms with Crippen molar-refractivity contribution in [3.8, 4) is 12.3 Å². The summed E-state index contributed by atoms with van der Waals surface area (Å²) in [6.45, 7) is 3.89. The van der Waals surface area contributed by atoms with Crippen LogP contribution in [0.1, 0.15) is 12.5 Å². The number of methoxy groups -OCH3 is 1. The number of hydrogen-bond donors (Lipinski definition) is 3. The summed E-state index contributed by atoms with van der Waals surface area (Å²) in [4.78, 5) is 4.59. The molecule has 0 aliphatic carbocycles. The minimum Gasteiger partial charge on any atom is -0.383 e. The first-order valence-electron chi connectivity index (χ1n) is 7.56. The number of nitrogens with zero attached hydrogens (tertiary/aromatic N) is 1. The molecular formula is C16H25IN4O3S. The van der Waals surface area contributed by atoms with Gasteiger partial charge in [-0.15, -0.1) is 30.4 Å². The van der Waals surface area contributed by atoms with E-state index in [9.17, 15) is 8.42 Å². The summed E-state index contributed by atoms with van der Waals surface area (Å²) in [7, 11) is -2.04. The van der Waals surface area contributed by atoms with Crippen molar-refractivity contribution in [3.05, 3.63) is 29.8 Å². The lowest BCUT2D eigenvalue weighted by molar-refractivity contribution is 0.204. The largest absolute Gasteiger partial charge is 0.383 e. The van der Waals surface area contributed by atoms with Crippen molar-refractivity contribution < 1.29 is 13.2 Å². The number of hydrogen-bond acceptors (Lipinski definition) is 4. The third kappa shape index (κ3) is 9.06. The van der Waals surface area contributed by atoms with Crippen LogP contribution in [0.25, 0.3) is 0 Å². The second kappa shape index (κ2) is 12.9. The fourth-order valence-electron chi connectivity index (χ4n) is 1.82. The lowest BCUT2D eigenvalue weighted by Crippen LogP contribution is -2.37. The summed E-state index contributed by atoms with van der Waals surface area (Å²) < 4.78 is 31.7. The van der Waals surface area contributed by atoms with Crippen LogP contribution in [-0.4, -0.2) is 47.7 Å². The van der Waals surface area contributed by atoms with Crippen LogP contribution in [0.4, 0.5) is 0 Å². The Morgan fingerprint density at radius 3 is 2.76 bits per heavy atom. The molecule has 0 saturated carbocycles. The Balaban J connectivity index is 0.00000576. The Kier molecular flexibility index (Phi) is 12.2. The molecule has 1 aromatic rings. The van der Waals surface area contributed by atoms with Crippen molar-refractivity contribution in [2.75, 3.05) is 33.4 Å². The number of guanidine groups is 1. The predicted molar refractivity (Wildman–Crippen MR) is 111 cm³/mol. The number of rotatable bonds is 9. The van der Waals surface area contributed by atoms with E-state index in [-0.39, 0.29) is 35.4 Å². The summed E-state index contributed by atoms with van der Waals surface area (Å²) in [6.07, 6.45) is 5.22. The van der Waals surface area contributed by atoms with Crippen LogP contribution in [0.2, 0.25) is 0 Å². The standard InChI is InChI=1S/C16H24N4O3S.HI/c1-4-9-18-16(17-5-2)19-13-14-7-6-8-15(12-14)24(21,22)20-10-11-23-3;/h1,6-8,12,20H,5,9-11,13H2,2-3H3,(H2,17,18,19);1H. The first kappa shape index (κ1) is 23.6. The van der Waals surface area contributed by atoms with Crippen molar-refractivity contribution in [3.63, 3.8) is 0 Å². The highest BCUT2D eigenvalue weighted by atomic mass is 127. The van der Waals surface area contributed by atoms with Crippen molar-refractivity contribution in [2.45, 2.75) is 18.4 Å². The minimum absolute atomic E-state index is 0. The van der Waals surface area contributed by atoms with Crippen LogP contribution < -0.4 is 15.4 Å². The molecule has 1 rings (SSSR count). The van der Waals surface area contributed by atoms with Crippen molar-refractivity contribution >= 4 is 40.0 Å². The summed E-state index contributed by atoms with van der Waals surface area (Å²) in [5.41, 5.74) is 0.780. The first-order chi connectivity index (χ1) is 11.5. The maximum absolute atomic E-state index is 12.2. The number of aliphatic imine (C=N–C) groups is 1. The summed E-state index contributed by atoms with van der Waals surface area (Å²) in [6, 6.07) is 6.66. The van der Waals surface area contributed by atoms with Gasteiger partial charge in [-0.25, -0.2) is 18.1 Å². The van der Waals surface area contributed by atoms with Crippen LogP contribution in [0.5, 0.6) is 0 Å². The minimum atomic E-state index is -3.55. The number of terminal acetylenes is 1. The molecule has 0 aromatic heterocycles. The molecule has 3 N–H and O–H groups in total. The monoisotopic (exact) mass is 480 g/mol. The van der Waals surface area contributed by atoms with Crippen LogP contribution in [-0.2, 0) is 21.3 Å². The zero-order valence-corrected chi connectivity index (χ0v) is 17.6. The summed E-state index contributed by atoms with van der Waals surface area (Å²) >= 11 is 0. The molecule has 0 aliphatic heterocycles. The fraction of sp³-hybridized carbons (Fsp3) is 0.438. The number of benzene rings is 1. The molecule has 0 amide bonds. The molecule has 0 bridgehead atoms. The van der Waals surface area contributed by atoms with Gasteiger partial charge in [0.25, 0.3) is 0 Å². The molecule has 140 valence electrons. The van der Waals surface area contributed by atoms with Gasteiger partial charge in [-0.1, -0.05) is 18.1 Å². The van der Waals surface area contributed by atoms with Crippen LogP contribution in [0.15, 0.2) is 34.2 Å². The summed E-state index contributed by atoms with van der Waals surface area (Å²) in [5, 5.41) is 6.04. The highest BCUT2D eigenvalue weighted by Gasteiger charge is 2.13. The molecule has 7 nitrogen and oxygen atoms in total. The second-order valence-corrected chi connectivity index (χ2v) is 6.56. The van der Waals surface area contributed by atoms with E-state index in [4.69, 9.17) is 11.2 Å². The lowest BCUT2D eigenvalue weighted by Gasteiger charge is -2.10.